The first-order valence-corrected chi connectivity index (χ1v) is 9.13. The Morgan fingerprint density at radius 2 is 1.86 bits per heavy atom. The molecular formula is C20H20N4O4. The third-order valence-corrected chi connectivity index (χ3v) is 5.46. The van der Waals surface area contributed by atoms with E-state index in [-0.39, 0.29) is 17.5 Å². The number of para-hydroxylation sites is 1. The standard InChI is InChI=1S/C20H20N4O4/c1-13-6-7-14(12-17(13)24(27)28)19(26)23-10-8-20(9-11-23)21-16-5-3-2-4-15(16)18(25)22-20/h2-7,12,21H,8-11H2,1H3,(H,22,25). The minimum Gasteiger partial charge on any atom is -0.362 e. The molecule has 1 saturated heterocycles. The van der Waals surface area contributed by atoms with Crippen LogP contribution in [-0.4, -0.2) is 40.4 Å². The monoisotopic (exact) mass is 380 g/mol. The number of anilines is 1. The van der Waals surface area contributed by atoms with Gasteiger partial charge in [0, 0.05) is 48.8 Å². The molecule has 8 nitrogen and oxygen atoms in total. The summed E-state index contributed by atoms with van der Waals surface area (Å²) in [4.78, 5) is 37.6. The number of benzene rings is 2. The van der Waals surface area contributed by atoms with Crippen LogP contribution >= 0.6 is 0 Å². The third kappa shape index (κ3) is 3.06. The molecule has 2 amide bonds. The van der Waals surface area contributed by atoms with Gasteiger partial charge in [-0.05, 0) is 25.1 Å². The van der Waals surface area contributed by atoms with Crippen molar-refractivity contribution < 1.29 is 14.5 Å². The van der Waals surface area contributed by atoms with Crippen molar-refractivity contribution in [3.63, 3.8) is 0 Å². The van der Waals surface area contributed by atoms with E-state index < -0.39 is 10.6 Å². The van der Waals surface area contributed by atoms with Gasteiger partial charge < -0.3 is 15.5 Å². The molecule has 0 bridgehead atoms. The first-order chi connectivity index (χ1) is 13.4. The first kappa shape index (κ1) is 18.0. The predicted molar refractivity (Wildman–Crippen MR) is 103 cm³/mol. The molecule has 2 N–H and O–H groups in total. The summed E-state index contributed by atoms with van der Waals surface area (Å²) in [5, 5.41) is 17.6. The molecule has 1 spiro atoms. The normalized spacial score (nSPS) is 17.5. The van der Waals surface area contributed by atoms with E-state index in [1.54, 1.807) is 30.0 Å². The van der Waals surface area contributed by atoms with Crippen molar-refractivity contribution in [2.75, 3.05) is 18.4 Å². The van der Waals surface area contributed by atoms with E-state index in [0.29, 0.717) is 42.6 Å². The molecule has 8 heteroatoms. The maximum absolute atomic E-state index is 12.8. The fourth-order valence-corrected chi connectivity index (χ4v) is 3.83. The minimum absolute atomic E-state index is 0.0582. The average Bonchev–Trinajstić information content (AvgIpc) is 2.68. The van der Waals surface area contributed by atoms with E-state index in [1.165, 1.54) is 6.07 Å². The van der Waals surface area contributed by atoms with Crippen molar-refractivity contribution in [1.82, 2.24) is 10.2 Å². The molecule has 0 atom stereocenters. The van der Waals surface area contributed by atoms with Gasteiger partial charge >= 0.3 is 0 Å². The summed E-state index contributed by atoms with van der Waals surface area (Å²) in [7, 11) is 0. The fraction of sp³-hybridized carbons (Fsp3) is 0.300. The quantitative estimate of drug-likeness (QED) is 0.616. The number of aryl methyl sites for hydroxylation is 1. The molecule has 2 aliphatic heterocycles. The number of fused-ring (bicyclic) bond motifs is 1. The van der Waals surface area contributed by atoms with Gasteiger partial charge in [-0.2, -0.15) is 0 Å². The number of nitrogens with zero attached hydrogens (tertiary/aromatic N) is 2. The van der Waals surface area contributed by atoms with Gasteiger partial charge in [-0.15, -0.1) is 0 Å². The van der Waals surface area contributed by atoms with Crippen molar-refractivity contribution in [3.8, 4) is 0 Å². The highest BCUT2D eigenvalue weighted by Crippen LogP contribution is 2.32. The summed E-state index contributed by atoms with van der Waals surface area (Å²) in [6, 6.07) is 11.9. The van der Waals surface area contributed by atoms with Crippen molar-refractivity contribution in [3.05, 3.63) is 69.3 Å². The van der Waals surface area contributed by atoms with E-state index in [4.69, 9.17) is 0 Å². The molecule has 0 unspecified atom stereocenters. The smallest absolute Gasteiger partial charge is 0.273 e. The van der Waals surface area contributed by atoms with Crippen LogP contribution in [-0.2, 0) is 0 Å². The van der Waals surface area contributed by atoms with Crippen LogP contribution < -0.4 is 10.6 Å². The summed E-state index contributed by atoms with van der Waals surface area (Å²) in [5.74, 6) is -0.358. The second-order valence-electron chi connectivity index (χ2n) is 7.26. The van der Waals surface area contributed by atoms with Crippen LogP contribution in [0.3, 0.4) is 0 Å². The van der Waals surface area contributed by atoms with Gasteiger partial charge in [0.1, 0.15) is 5.66 Å². The molecule has 0 aliphatic carbocycles. The highest BCUT2D eigenvalue weighted by atomic mass is 16.6. The molecule has 2 heterocycles. The van der Waals surface area contributed by atoms with Gasteiger partial charge in [0.05, 0.1) is 10.5 Å². The number of amides is 2. The molecule has 2 aliphatic rings. The maximum Gasteiger partial charge on any atom is 0.273 e. The summed E-state index contributed by atoms with van der Waals surface area (Å²) in [5.41, 5.74) is 1.59. The number of nitro groups is 1. The van der Waals surface area contributed by atoms with Gasteiger partial charge in [0.15, 0.2) is 0 Å². The number of piperidine rings is 1. The summed E-state index contributed by atoms with van der Waals surface area (Å²) in [6.45, 7) is 2.53. The molecule has 1 fully saturated rings. The molecule has 2 aromatic rings. The second kappa shape index (κ2) is 6.63. The number of carbonyl (C=O) groups is 2. The number of nitrogens with one attached hydrogen (secondary N) is 2. The number of nitro benzene ring substituents is 1. The Balaban J connectivity index is 1.49. The number of likely N-dealkylation sites (tertiary alicyclic amines) is 1. The number of hydrogen-bond acceptors (Lipinski definition) is 5. The molecule has 2 aromatic carbocycles. The lowest BCUT2D eigenvalue weighted by atomic mass is 9.92. The molecule has 0 aromatic heterocycles. The Morgan fingerprint density at radius 1 is 1.14 bits per heavy atom. The molecule has 0 saturated carbocycles. The van der Waals surface area contributed by atoms with E-state index >= 15 is 0 Å². The van der Waals surface area contributed by atoms with E-state index in [2.05, 4.69) is 10.6 Å². The van der Waals surface area contributed by atoms with Gasteiger partial charge in [-0.3, -0.25) is 19.7 Å². The molecule has 0 radical (unpaired) electrons. The topological polar surface area (TPSA) is 105 Å². The van der Waals surface area contributed by atoms with Gasteiger partial charge in [0.25, 0.3) is 17.5 Å². The van der Waals surface area contributed by atoms with E-state index in [1.807, 2.05) is 18.2 Å². The Labute approximate surface area is 161 Å². The van der Waals surface area contributed by atoms with Crippen LogP contribution in [0.5, 0.6) is 0 Å². The van der Waals surface area contributed by atoms with Crippen molar-refractivity contribution in [1.29, 1.82) is 0 Å². The van der Waals surface area contributed by atoms with Crippen molar-refractivity contribution >= 4 is 23.2 Å². The van der Waals surface area contributed by atoms with Gasteiger partial charge in [0.2, 0.25) is 0 Å². The van der Waals surface area contributed by atoms with Gasteiger partial charge in [-0.25, -0.2) is 0 Å². The zero-order valence-corrected chi connectivity index (χ0v) is 15.4. The third-order valence-electron chi connectivity index (χ3n) is 5.46. The van der Waals surface area contributed by atoms with Crippen LogP contribution in [0.4, 0.5) is 11.4 Å². The van der Waals surface area contributed by atoms with Crippen LogP contribution in [0, 0.1) is 17.0 Å². The van der Waals surface area contributed by atoms with Gasteiger partial charge in [-0.1, -0.05) is 18.2 Å². The largest absolute Gasteiger partial charge is 0.362 e. The Kier molecular flexibility index (Phi) is 4.26. The van der Waals surface area contributed by atoms with Crippen LogP contribution in [0.25, 0.3) is 0 Å². The van der Waals surface area contributed by atoms with Crippen molar-refractivity contribution in [2.45, 2.75) is 25.4 Å². The fourth-order valence-electron chi connectivity index (χ4n) is 3.83. The Bertz CT molecular complexity index is 980. The van der Waals surface area contributed by atoms with E-state index in [0.717, 1.165) is 5.69 Å². The Hall–Kier alpha value is -3.42. The first-order valence-electron chi connectivity index (χ1n) is 9.13. The Morgan fingerprint density at radius 3 is 2.57 bits per heavy atom. The maximum atomic E-state index is 12.8. The number of rotatable bonds is 2. The molecular weight excluding hydrogens is 360 g/mol. The van der Waals surface area contributed by atoms with Crippen molar-refractivity contribution in [2.24, 2.45) is 0 Å². The lowest BCUT2D eigenvalue weighted by Crippen LogP contribution is -2.62. The van der Waals surface area contributed by atoms with E-state index in [9.17, 15) is 19.7 Å². The SMILES string of the molecule is Cc1ccc(C(=O)N2CCC3(CC2)NC(=O)c2ccccc2N3)cc1[N+](=O)[O-]. The molecule has 144 valence electrons. The van der Waals surface area contributed by atoms with Crippen LogP contribution in [0.2, 0.25) is 0 Å². The number of hydrogen-bond donors (Lipinski definition) is 2. The lowest BCUT2D eigenvalue weighted by Gasteiger charge is -2.45. The predicted octanol–water partition coefficient (Wildman–Crippen LogP) is 2.69. The second-order valence-corrected chi connectivity index (χ2v) is 7.26. The number of carbonyl (C=O) groups excluding carboxylic acids is 2. The highest BCUT2D eigenvalue weighted by Gasteiger charge is 2.41. The summed E-state index contributed by atoms with van der Waals surface area (Å²) < 4.78 is 0. The highest BCUT2D eigenvalue weighted by molar-refractivity contribution is 6.02. The molecule has 28 heavy (non-hydrogen) atoms. The average molecular weight is 380 g/mol. The zero-order chi connectivity index (χ0) is 19.9. The lowest BCUT2D eigenvalue weighted by molar-refractivity contribution is -0.385. The van der Waals surface area contributed by atoms with Crippen LogP contribution in [0.15, 0.2) is 42.5 Å². The zero-order valence-electron chi connectivity index (χ0n) is 15.4. The summed E-state index contributed by atoms with van der Waals surface area (Å²) in [6.07, 6.45) is 1.10. The molecule has 4 rings (SSSR count). The van der Waals surface area contributed by atoms with Crippen LogP contribution in [0.1, 0.15) is 39.1 Å². The summed E-state index contributed by atoms with van der Waals surface area (Å²) >= 11 is 0. The minimum atomic E-state index is -0.582.